The first kappa shape index (κ1) is 11.8. The number of carbonyl (C=O) groups is 1. The van der Waals surface area contributed by atoms with Gasteiger partial charge < -0.3 is 5.32 Å². The van der Waals surface area contributed by atoms with E-state index in [1.165, 1.54) is 5.56 Å². The van der Waals surface area contributed by atoms with Crippen molar-refractivity contribution in [3.63, 3.8) is 0 Å². The fraction of sp³-hybridized carbons (Fsp3) is 0.462. The Kier molecular flexibility index (Phi) is 3.89. The topological polar surface area (TPSA) is 29.1 Å². The van der Waals surface area contributed by atoms with Gasteiger partial charge in [-0.05, 0) is 24.5 Å². The summed E-state index contributed by atoms with van der Waals surface area (Å²) in [7, 11) is 0. The van der Waals surface area contributed by atoms with Crippen LogP contribution in [0.5, 0.6) is 0 Å². The van der Waals surface area contributed by atoms with Crippen LogP contribution in [0.1, 0.15) is 31.9 Å². The van der Waals surface area contributed by atoms with Crippen molar-refractivity contribution >= 4 is 11.6 Å². The van der Waals surface area contributed by atoms with E-state index < -0.39 is 0 Å². The molecule has 0 unspecified atom stereocenters. The average Bonchev–Trinajstić information content (AvgIpc) is 2.20. The van der Waals surface area contributed by atoms with Crippen LogP contribution in [-0.4, -0.2) is 5.91 Å². The minimum absolute atomic E-state index is 0.0225. The molecule has 0 bridgehead atoms. The fourth-order valence-electron chi connectivity index (χ4n) is 1.47. The Balaban J connectivity index is 2.97. The molecule has 0 spiro atoms. The lowest BCUT2D eigenvalue weighted by molar-refractivity contribution is -0.118. The molecule has 1 aromatic carbocycles. The Morgan fingerprint density at radius 2 is 2.07 bits per heavy atom. The lowest BCUT2D eigenvalue weighted by atomic mass is 10.1. The standard InChI is InChI=1S/C13H19NO/c1-5-11-8-6-7-10(4)12(11)14-13(15)9(2)3/h6-9H,5H2,1-4H3,(H,14,15). The molecule has 0 saturated heterocycles. The first-order chi connectivity index (χ1) is 7.06. The van der Waals surface area contributed by atoms with Gasteiger partial charge in [0.05, 0.1) is 0 Å². The van der Waals surface area contributed by atoms with Crippen LogP contribution in [0.2, 0.25) is 0 Å². The number of rotatable bonds is 3. The van der Waals surface area contributed by atoms with E-state index in [1.807, 2.05) is 32.9 Å². The number of nitrogens with one attached hydrogen (secondary N) is 1. The Morgan fingerprint density at radius 1 is 1.40 bits per heavy atom. The molecule has 15 heavy (non-hydrogen) atoms. The van der Waals surface area contributed by atoms with E-state index in [9.17, 15) is 4.79 Å². The summed E-state index contributed by atoms with van der Waals surface area (Å²) in [5, 5.41) is 2.99. The van der Waals surface area contributed by atoms with Gasteiger partial charge >= 0.3 is 0 Å². The highest BCUT2D eigenvalue weighted by Gasteiger charge is 2.10. The quantitative estimate of drug-likeness (QED) is 0.807. The van der Waals surface area contributed by atoms with E-state index in [4.69, 9.17) is 0 Å². The second-order valence-corrected chi connectivity index (χ2v) is 4.11. The third-order valence-corrected chi connectivity index (χ3v) is 2.51. The molecule has 0 aliphatic rings. The summed E-state index contributed by atoms with van der Waals surface area (Å²) in [5.41, 5.74) is 3.31. The normalized spacial score (nSPS) is 10.5. The van der Waals surface area contributed by atoms with E-state index in [0.717, 1.165) is 17.7 Å². The second-order valence-electron chi connectivity index (χ2n) is 4.11. The third kappa shape index (κ3) is 2.82. The molecule has 0 aliphatic heterocycles. The number of benzene rings is 1. The molecule has 1 amide bonds. The zero-order valence-electron chi connectivity index (χ0n) is 9.92. The van der Waals surface area contributed by atoms with Gasteiger partial charge in [-0.1, -0.05) is 39.0 Å². The van der Waals surface area contributed by atoms with Crippen molar-refractivity contribution in [3.05, 3.63) is 29.3 Å². The van der Waals surface area contributed by atoms with Crippen LogP contribution in [0.15, 0.2) is 18.2 Å². The maximum Gasteiger partial charge on any atom is 0.226 e. The van der Waals surface area contributed by atoms with Gasteiger partial charge in [0.1, 0.15) is 0 Å². The molecule has 2 nitrogen and oxygen atoms in total. The highest BCUT2D eigenvalue weighted by molar-refractivity contribution is 5.93. The van der Waals surface area contributed by atoms with Gasteiger partial charge in [-0.3, -0.25) is 4.79 Å². The Hall–Kier alpha value is -1.31. The third-order valence-electron chi connectivity index (χ3n) is 2.51. The molecular weight excluding hydrogens is 186 g/mol. The summed E-state index contributed by atoms with van der Waals surface area (Å²) in [6.45, 7) is 7.92. The van der Waals surface area contributed by atoms with Gasteiger partial charge in [-0.2, -0.15) is 0 Å². The van der Waals surface area contributed by atoms with Gasteiger partial charge in [0.2, 0.25) is 5.91 Å². The van der Waals surface area contributed by atoms with E-state index in [0.29, 0.717) is 0 Å². The molecule has 0 atom stereocenters. The summed E-state index contributed by atoms with van der Waals surface area (Å²) in [6, 6.07) is 6.11. The van der Waals surface area contributed by atoms with Crippen LogP contribution in [0.25, 0.3) is 0 Å². The van der Waals surface area contributed by atoms with Crippen molar-refractivity contribution < 1.29 is 4.79 Å². The van der Waals surface area contributed by atoms with Gasteiger partial charge in [0.25, 0.3) is 0 Å². The molecule has 0 aliphatic carbocycles. The zero-order chi connectivity index (χ0) is 11.4. The molecule has 1 rings (SSSR count). The largest absolute Gasteiger partial charge is 0.325 e. The number of hydrogen-bond donors (Lipinski definition) is 1. The first-order valence-corrected chi connectivity index (χ1v) is 5.45. The molecule has 0 radical (unpaired) electrons. The SMILES string of the molecule is CCc1cccc(C)c1NC(=O)C(C)C. The Labute approximate surface area is 91.7 Å². The van der Waals surface area contributed by atoms with E-state index in [1.54, 1.807) is 0 Å². The highest BCUT2D eigenvalue weighted by Crippen LogP contribution is 2.21. The van der Waals surface area contributed by atoms with Crippen molar-refractivity contribution in [2.24, 2.45) is 5.92 Å². The lowest BCUT2D eigenvalue weighted by Gasteiger charge is -2.14. The van der Waals surface area contributed by atoms with Crippen molar-refractivity contribution in [1.82, 2.24) is 0 Å². The first-order valence-electron chi connectivity index (χ1n) is 5.45. The fourth-order valence-corrected chi connectivity index (χ4v) is 1.47. The summed E-state index contributed by atoms with van der Waals surface area (Å²) in [4.78, 5) is 11.6. The van der Waals surface area contributed by atoms with Crippen molar-refractivity contribution in [2.75, 3.05) is 5.32 Å². The average molecular weight is 205 g/mol. The number of aryl methyl sites for hydroxylation is 2. The molecule has 0 fully saturated rings. The maximum atomic E-state index is 11.6. The Bertz CT molecular complexity index is 356. The van der Waals surface area contributed by atoms with Gasteiger partial charge in [0.15, 0.2) is 0 Å². The van der Waals surface area contributed by atoms with Gasteiger partial charge in [-0.15, -0.1) is 0 Å². The molecule has 1 aromatic rings. The summed E-state index contributed by atoms with van der Waals surface area (Å²) < 4.78 is 0. The van der Waals surface area contributed by atoms with Crippen LogP contribution in [0.3, 0.4) is 0 Å². The molecular formula is C13H19NO. The van der Waals surface area contributed by atoms with Gasteiger partial charge in [-0.25, -0.2) is 0 Å². The minimum atomic E-state index is 0.0225. The molecule has 0 heterocycles. The van der Waals surface area contributed by atoms with Crippen LogP contribution in [0, 0.1) is 12.8 Å². The molecule has 2 heteroatoms. The summed E-state index contributed by atoms with van der Waals surface area (Å²) in [5.74, 6) is 0.105. The molecule has 0 saturated carbocycles. The lowest BCUT2D eigenvalue weighted by Crippen LogP contribution is -2.19. The minimum Gasteiger partial charge on any atom is -0.325 e. The smallest absolute Gasteiger partial charge is 0.226 e. The predicted octanol–water partition coefficient (Wildman–Crippen LogP) is 3.15. The van der Waals surface area contributed by atoms with E-state index in [2.05, 4.69) is 18.3 Å². The number of anilines is 1. The van der Waals surface area contributed by atoms with E-state index in [-0.39, 0.29) is 11.8 Å². The second kappa shape index (κ2) is 4.96. The van der Waals surface area contributed by atoms with Crippen molar-refractivity contribution in [2.45, 2.75) is 34.1 Å². The number of amides is 1. The molecule has 82 valence electrons. The highest BCUT2D eigenvalue weighted by atomic mass is 16.1. The Morgan fingerprint density at radius 3 is 2.60 bits per heavy atom. The van der Waals surface area contributed by atoms with Crippen LogP contribution in [0.4, 0.5) is 5.69 Å². The van der Waals surface area contributed by atoms with E-state index >= 15 is 0 Å². The van der Waals surface area contributed by atoms with Crippen LogP contribution >= 0.6 is 0 Å². The van der Waals surface area contributed by atoms with Crippen molar-refractivity contribution in [1.29, 1.82) is 0 Å². The summed E-state index contributed by atoms with van der Waals surface area (Å²) >= 11 is 0. The van der Waals surface area contributed by atoms with Crippen LogP contribution in [-0.2, 0) is 11.2 Å². The molecule has 1 N–H and O–H groups in total. The number of hydrogen-bond acceptors (Lipinski definition) is 1. The zero-order valence-corrected chi connectivity index (χ0v) is 9.92. The maximum absolute atomic E-state index is 11.6. The number of carbonyl (C=O) groups excluding carboxylic acids is 1. The summed E-state index contributed by atoms with van der Waals surface area (Å²) in [6.07, 6.45) is 0.940. The number of para-hydroxylation sites is 1. The van der Waals surface area contributed by atoms with Crippen LogP contribution < -0.4 is 5.32 Å². The monoisotopic (exact) mass is 205 g/mol. The molecule has 0 aromatic heterocycles. The van der Waals surface area contributed by atoms with Gasteiger partial charge in [0, 0.05) is 11.6 Å². The predicted molar refractivity (Wildman–Crippen MR) is 64.0 cm³/mol. The van der Waals surface area contributed by atoms with Crippen molar-refractivity contribution in [3.8, 4) is 0 Å².